The molecule has 0 amide bonds. The minimum absolute atomic E-state index is 0.674. The first-order chi connectivity index (χ1) is 9.43. The number of carbonyl (C=O) groups is 1. The molecule has 0 aliphatic heterocycles. The molecule has 1 atom stereocenters. The fourth-order valence-electron chi connectivity index (χ4n) is 1.96. The fourth-order valence-corrected chi connectivity index (χ4v) is 3.04. The van der Waals surface area contributed by atoms with Crippen molar-refractivity contribution >= 4 is 43.5 Å². The van der Waals surface area contributed by atoms with E-state index in [9.17, 15) is 9.90 Å². The van der Waals surface area contributed by atoms with Gasteiger partial charge in [-0.1, -0.05) is 56.1 Å². The van der Waals surface area contributed by atoms with Crippen molar-refractivity contribution < 1.29 is 9.90 Å². The lowest BCUT2D eigenvalue weighted by molar-refractivity contribution is -0.142. The number of nitrogens with one attached hydrogen (secondary N) is 1. The molecule has 2 rings (SSSR count). The van der Waals surface area contributed by atoms with E-state index in [4.69, 9.17) is 0 Å². The molecule has 0 saturated heterocycles. The molecule has 0 radical (unpaired) electrons. The Kier molecular flexibility index (Phi) is 4.50. The van der Waals surface area contributed by atoms with E-state index in [1.807, 2.05) is 42.5 Å². The Bertz CT molecular complexity index is 645. The number of rotatable bonds is 4. The van der Waals surface area contributed by atoms with Crippen LogP contribution >= 0.6 is 31.9 Å². The second-order valence-electron chi connectivity index (χ2n) is 4.55. The number of carboxylic acids is 1. The van der Waals surface area contributed by atoms with Crippen molar-refractivity contribution in [2.45, 2.75) is 12.5 Å². The maximum Gasteiger partial charge on any atom is 0.333 e. The van der Waals surface area contributed by atoms with Crippen LogP contribution in [0.15, 0.2) is 57.5 Å². The van der Waals surface area contributed by atoms with Crippen molar-refractivity contribution in [3.63, 3.8) is 0 Å². The maximum absolute atomic E-state index is 11.8. The van der Waals surface area contributed by atoms with Crippen LogP contribution in [0.2, 0.25) is 0 Å². The fraction of sp³-hybridized carbons (Fsp3) is 0.133. The average molecular weight is 399 g/mol. The molecule has 0 aliphatic carbocycles. The third-order valence-corrected chi connectivity index (χ3v) is 4.24. The SMILES string of the molecule is CC(Nc1cccc(Br)c1)(C(=O)O)c1ccccc1Br. The number of anilines is 1. The van der Waals surface area contributed by atoms with E-state index in [1.165, 1.54) is 0 Å². The molecule has 0 fully saturated rings. The Balaban J connectivity index is 2.46. The lowest BCUT2D eigenvalue weighted by Crippen LogP contribution is -2.40. The van der Waals surface area contributed by atoms with E-state index in [1.54, 1.807) is 13.0 Å². The molecule has 0 saturated carbocycles. The summed E-state index contributed by atoms with van der Waals surface area (Å²) in [5.74, 6) is -0.940. The molecule has 2 aromatic carbocycles. The van der Waals surface area contributed by atoms with Gasteiger partial charge in [0.1, 0.15) is 0 Å². The standard InChI is InChI=1S/C15H13Br2NO2/c1-15(14(19)20,12-7-2-3-8-13(12)17)18-11-6-4-5-10(16)9-11/h2-9,18H,1H3,(H,19,20). The van der Waals surface area contributed by atoms with Crippen LogP contribution in [0.4, 0.5) is 5.69 Å². The molecule has 20 heavy (non-hydrogen) atoms. The van der Waals surface area contributed by atoms with Gasteiger partial charge in [-0.3, -0.25) is 0 Å². The minimum atomic E-state index is -1.22. The van der Waals surface area contributed by atoms with Crippen LogP contribution < -0.4 is 5.32 Å². The zero-order chi connectivity index (χ0) is 14.8. The average Bonchev–Trinajstić information content (AvgIpc) is 2.38. The third kappa shape index (κ3) is 3.04. The van der Waals surface area contributed by atoms with E-state index in [2.05, 4.69) is 37.2 Å². The Hall–Kier alpha value is -1.33. The quantitative estimate of drug-likeness (QED) is 0.789. The normalized spacial score (nSPS) is 13.6. The van der Waals surface area contributed by atoms with Gasteiger partial charge in [-0.2, -0.15) is 0 Å². The van der Waals surface area contributed by atoms with Crippen molar-refractivity contribution in [3.05, 3.63) is 63.0 Å². The number of halogens is 2. The Morgan fingerprint density at radius 3 is 2.45 bits per heavy atom. The van der Waals surface area contributed by atoms with Crippen LogP contribution in [0.3, 0.4) is 0 Å². The van der Waals surface area contributed by atoms with Gasteiger partial charge >= 0.3 is 5.97 Å². The highest BCUT2D eigenvalue weighted by molar-refractivity contribution is 9.10. The monoisotopic (exact) mass is 397 g/mol. The van der Waals surface area contributed by atoms with Crippen molar-refractivity contribution in [2.75, 3.05) is 5.32 Å². The minimum Gasteiger partial charge on any atom is -0.479 e. The van der Waals surface area contributed by atoms with Crippen LogP contribution in [0.25, 0.3) is 0 Å². The number of benzene rings is 2. The van der Waals surface area contributed by atoms with E-state index in [0.717, 1.165) is 14.6 Å². The van der Waals surface area contributed by atoms with E-state index in [0.29, 0.717) is 5.56 Å². The first-order valence-electron chi connectivity index (χ1n) is 5.95. The van der Waals surface area contributed by atoms with Crippen LogP contribution in [-0.2, 0) is 10.3 Å². The molecule has 0 aromatic heterocycles. The molecule has 0 heterocycles. The van der Waals surface area contributed by atoms with Gasteiger partial charge in [0.2, 0.25) is 0 Å². The van der Waals surface area contributed by atoms with E-state index >= 15 is 0 Å². The summed E-state index contributed by atoms with van der Waals surface area (Å²) in [5.41, 5.74) is 0.188. The van der Waals surface area contributed by atoms with Gasteiger partial charge in [0, 0.05) is 20.2 Å². The molecule has 0 spiro atoms. The topological polar surface area (TPSA) is 49.3 Å². The maximum atomic E-state index is 11.8. The number of hydrogen-bond donors (Lipinski definition) is 2. The molecule has 0 bridgehead atoms. The van der Waals surface area contributed by atoms with Gasteiger partial charge in [-0.05, 0) is 31.2 Å². The first kappa shape index (κ1) is 15.1. The molecule has 1 unspecified atom stereocenters. The Morgan fingerprint density at radius 1 is 1.15 bits per heavy atom. The largest absolute Gasteiger partial charge is 0.479 e. The Morgan fingerprint density at radius 2 is 1.85 bits per heavy atom. The van der Waals surface area contributed by atoms with Gasteiger partial charge in [0.15, 0.2) is 5.54 Å². The highest BCUT2D eigenvalue weighted by Gasteiger charge is 2.36. The molecule has 3 nitrogen and oxygen atoms in total. The molecular weight excluding hydrogens is 386 g/mol. The summed E-state index contributed by atoms with van der Waals surface area (Å²) < 4.78 is 1.65. The summed E-state index contributed by atoms with van der Waals surface area (Å²) >= 11 is 6.80. The van der Waals surface area contributed by atoms with Crippen molar-refractivity contribution in [1.82, 2.24) is 0 Å². The predicted octanol–water partition coefficient (Wildman–Crippen LogP) is 4.62. The van der Waals surface area contributed by atoms with Crippen molar-refractivity contribution in [2.24, 2.45) is 0 Å². The molecule has 2 N–H and O–H groups in total. The van der Waals surface area contributed by atoms with Crippen LogP contribution in [0.1, 0.15) is 12.5 Å². The van der Waals surface area contributed by atoms with E-state index < -0.39 is 11.5 Å². The van der Waals surface area contributed by atoms with Crippen LogP contribution in [0.5, 0.6) is 0 Å². The first-order valence-corrected chi connectivity index (χ1v) is 7.54. The molecule has 104 valence electrons. The zero-order valence-electron chi connectivity index (χ0n) is 10.7. The predicted molar refractivity (Wildman–Crippen MR) is 86.9 cm³/mol. The molecule has 2 aromatic rings. The summed E-state index contributed by atoms with van der Waals surface area (Å²) in [7, 11) is 0. The number of hydrogen-bond acceptors (Lipinski definition) is 2. The summed E-state index contributed by atoms with van der Waals surface area (Å²) in [4.78, 5) is 11.8. The lowest BCUT2D eigenvalue weighted by atomic mass is 9.91. The van der Waals surface area contributed by atoms with Gasteiger partial charge in [-0.25, -0.2) is 4.79 Å². The van der Waals surface area contributed by atoms with Gasteiger partial charge in [-0.15, -0.1) is 0 Å². The number of carboxylic acid groups (broad SMARTS) is 1. The van der Waals surface area contributed by atoms with Crippen molar-refractivity contribution in [3.8, 4) is 0 Å². The Labute approximate surface area is 134 Å². The highest BCUT2D eigenvalue weighted by atomic mass is 79.9. The third-order valence-electron chi connectivity index (χ3n) is 3.06. The highest BCUT2D eigenvalue weighted by Crippen LogP contribution is 2.32. The van der Waals surface area contributed by atoms with Gasteiger partial charge in [0.25, 0.3) is 0 Å². The van der Waals surface area contributed by atoms with E-state index in [-0.39, 0.29) is 0 Å². The summed E-state index contributed by atoms with van der Waals surface area (Å²) in [6.45, 7) is 1.65. The second kappa shape index (κ2) is 5.97. The van der Waals surface area contributed by atoms with Crippen LogP contribution in [-0.4, -0.2) is 11.1 Å². The number of aliphatic carboxylic acids is 1. The molecule has 0 aliphatic rings. The van der Waals surface area contributed by atoms with Gasteiger partial charge < -0.3 is 10.4 Å². The summed E-state index contributed by atoms with van der Waals surface area (Å²) in [6.07, 6.45) is 0. The van der Waals surface area contributed by atoms with Gasteiger partial charge in [0.05, 0.1) is 0 Å². The lowest BCUT2D eigenvalue weighted by Gasteiger charge is -2.29. The zero-order valence-corrected chi connectivity index (χ0v) is 13.9. The van der Waals surface area contributed by atoms with Crippen LogP contribution in [0, 0.1) is 0 Å². The molecule has 5 heteroatoms. The summed E-state index contributed by atoms with van der Waals surface area (Å²) in [5, 5.41) is 12.7. The summed E-state index contributed by atoms with van der Waals surface area (Å²) in [6, 6.07) is 14.7. The second-order valence-corrected chi connectivity index (χ2v) is 6.32. The smallest absolute Gasteiger partial charge is 0.333 e. The molecular formula is C15H13Br2NO2. The van der Waals surface area contributed by atoms with Crippen molar-refractivity contribution in [1.29, 1.82) is 0 Å².